The molecule has 1 fully saturated rings. The van der Waals surface area contributed by atoms with E-state index in [1.807, 2.05) is 6.07 Å². The number of benzene rings is 1. The van der Waals surface area contributed by atoms with E-state index in [4.69, 9.17) is 5.26 Å². The molecule has 1 aliphatic heterocycles. The summed E-state index contributed by atoms with van der Waals surface area (Å²) in [6.45, 7) is 4.94. The number of piperidine rings is 1. The number of likely N-dealkylation sites (tertiary alicyclic amines) is 1. The van der Waals surface area contributed by atoms with E-state index in [0.717, 1.165) is 19.0 Å². The summed E-state index contributed by atoms with van der Waals surface area (Å²) in [6, 6.07) is 6.99. The van der Waals surface area contributed by atoms with E-state index in [2.05, 4.69) is 11.8 Å². The van der Waals surface area contributed by atoms with Gasteiger partial charge in [-0.05, 0) is 37.9 Å². The third-order valence-corrected chi connectivity index (χ3v) is 4.00. The van der Waals surface area contributed by atoms with Crippen LogP contribution >= 0.6 is 0 Å². The summed E-state index contributed by atoms with van der Waals surface area (Å²) in [5.74, 6) is 0.497. The molecule has 1 aromatic carbocycles. The zero-order valence-corrected chi connectivity index (χ0v) is 11.5. The normalized spacial score (nSPS) is 17.3. The number of rotatable bonds is 4. The fourth-order valence-corrected chi connectivity index (χ4v) is 2.87. The van der Waals surface area contributed by atoms with Crippen molar-refractivity contribution in [2.75, 3.05) is 13.1 Å². The van der Waals surface area contributed by atoms with Crippen molar-refractivity contribution in [3.8, 4) is 6.07 Å². The predicted molar refractivity (Wildman–Crippen MR) is 74.0 cm³/mol. The van der Waals surface area contributed by atoms with Crippen LogP contribution in [0.1, 0.15) is 43.7 Å². The molecule has 2 rings (SSSR count). The Morgan fingerprint density at radius 2 is 2.11 bits per heavy atom. The maximum atomic E-state index is 14.0. The van der Waals surface area contributed by atoms with Crippen LogP contribution in [-0.4, -0.2) is 18.0 Å². The molecule has 102 valence electrons. The maximum Gasteiger partial charge on any atom is 0.145 e. The Morgan fingerprint density at radius 1 is 1.37 bits per heavy atom. The SMILES string of the molecule is CCCC1CCN(Cc2cccc(C#N)c2F)CC1. The van der Waals surface area contributed by atoms with Gasteiger partial charge in [-0.15, -0.1) is 0 Å². The smallest absolute Gasteiger partial charge is 0.145 e. The van der Waals surface area contributed by atoms with Crippen molar-refractivity contribution in [2.45, 2.75) is 39.2 Å². The lowest BCUT2D eigenvalue weighted by molar-refractivity contribution is 0.170. The van der Waals surface area contributed by atoms with Crippen LogP contribution in [0.15, 0.2) is 18.2 Å². The minimum absolute atomic E-state index is 0.151. The second-order valence-corrected chi connectivity index (χ2v) is 5.40. The third-order valence-electron chi connectivity index (χ3n) is 4.00. The highest BCUT2D eigenvalue weighted by Gasteiger charge is 2.19. The molecule has 0 bridgehead atoms. The molecule has 0 aliphatic carbocycles. The summed E-state index contributed by atoms with van der Waals surface area (Å²) in [6.07, 6.45) is 5.00. The van der Waals surface area contributed by atoms with Gasteiger partial charge in [0.15, 0.2) is 0 Å². The van der Waals surface area contributed by atoms with Crippen molar-refractivity contribution in [1.29, 1.82) is 5.26 Å². The van der Waals surface area contributed by atoms with Gasteiger partial charge >= 0.3 is 0 Å². The molecule has 1 heterocycles. The van der Waals surface area contributed by atoms with Crippen LogP contribution < -0.4 is 0 Å². The summed E-state index contributed by atoms with van der Waals surface area (Å²) < 4.78 is 14.0. The van der Waals surface area contributed by atoms with Crippen molar-refractivity contribution in [2.24, 2.45) is 5.92 Å². The Kier molecular flexibility index (Phi) is 4.93. The minimum Gasteiger partial charge on any atom is -0.299 e. The van der Waals surface area contributed by atoms with Crippen molar-refractivity contribution in [3.63, 3.8) is 0 Å². The van der Waals surface area contributed by atoms with Crippen LogP contribution in [0.4, 0.5) is 4.39 Å². The molecule has 1 aromatic rings. The van der Waals surface area contributed by atoms with Crippen LogP contribution in [0.25, 0.3) is 0 Å². The summed E-state index contributed by atoms with van der Waals surface area (Å²) in [5, 5.41) is 8.84. The van der Waals surface area contributed by atoms with Gasteiger partial charge in [0.2, 0.25) is 0 Å². The fraction of sp³-hybridized carbons (Fsp3) is 0.562. The van der Waals surface area contributed by atoms with E-state index < -0.39 is 0 Å². The first-order valence-corrected chi connectivity index (χ1v) is 7.14. The molecule has 0 radical (unpaired) electrons. The standard InChI is InChI=1S/C16H21FN2/c1-2-4-13-7-9-19(10-8-13)12-15-6-3-5-14(11-18)16(15)17/h3,5-6,13H,2,4,7-10,12H2,1H3. The number of hydrogen-bond donors (Lipinski definition) is 0. The lowest BCUT2D eigenvalue weighted by atomic mass is 9.92. The van der Waals surface area contributed by atoms with Crippen molar-refractivity contribution in [3.05, 3.63) is 35.1 Å². The molecule has 19 heavy (non-hydrogen) atoms. The number of halogens is 1. The molecule has 0 unspecified atom stereocenters. The monoisotopic (exact) mass is 260 g/mol. The quantitative estimate of drug-likeness (QED) is 0.825. The Morgan fingerprint density at radius 3 is 2.74 bits per heavy atom. The van der Waals surface area contributed by atoms with Crippen molar-refractivity contribution >= 4 is 0 Å². The molecule has 0 N–H and O–H groups in total. The average molecular weight is 260 g/mol. The Labute approximate surface area is 114 Å². The van der Waals surface area contributed by atoms with E-state index in [-0.39, 0.29) is 11.4 Å². The van der Waals surface area contributed by atoms with Gasteiger partial charge in [0.05, 0.1) is 5.56 Å². The highest BCUT2D eigenvalue weighted by molar-refractivity contribution is 5.34. The predicted octanol–water partition coefficient (Wildman–Crippen LogP) is 3.71. The van der Waals surface area contributed by atoms with Crippen molar-refractivity contribution in [1.82, 2.24) is 4.90 Å². The van der Waals surface area contributed by atoms with Crippen LogP contribution in [0.3, 0.4) is 0 Å². The van der Waals surface area contributed by atoms with Crippen LogP contribution in [0.2, 0.25) is 0 Å². The second kappa shape index (κ2) is 6.68. The molecule has 3 heteroatoms. The molecular weight excluding hydrogens is 239 g/mol. The summed E-state index contributed by atoms with van der Waals surface area (Å²) >= 11 is 0. The number of hydrogen-bond acceptors (Lipinski definition) is 2. The number of nitrogens with zero attached hydrogens (tertiary/aromatic N) is 2. The van der Waals surface area contributed by atoms with Crippen LogP contribution in [0.5, 0.6) is 0 Å². The number of nitriles is 1. The molecule has 0 saturated carbocycles. The van der Waals surface area contributed by atoms with E-state index in [1.165, 1.54) is 31.7 Å². The van der Waals surface area contributed by atoms with Crippen molar-refractivity contribution < 1.29 is 4.39 Å². The topological polar surface area (TPSA) is 27.0 Å². The molecule has 0 amide bonds. The first-order valence-electron chi connectivity index (χ1n) is 7.14. The van der Waals surface area contributed by atoms with Gasteiger partial charge in [0, 0.05) is 12.1 Å². The Bertz CT molecular complexity index is 456. The molecule has 2 nitrogen and oxygen atoms in total. The van der Waals surface area contributed by atoms with E-state index >= 15 is 0 Å². The summed E-state index contributed by atoms with van der Waals surface area (Å²) in [4.78, 5) is 2.30. The zero-order valence-electron chi connectivity index (χ0n) is 11.5. The molecule has 1 saturated heterocycles. The molecule has 0 spiro atoms. The lowest BCUT2D eigenvalue weighted by Crippen LogP contribution is -2.33. The van der Waals surface area contributed by atoms with Gasteiger partial charge in [-0.25, -0.2) is 4.39 Å². The zero-order chi connectivity index (χ0) is 13.7. The first-order chi connectivity index (χ1) is 9.24. The van der Waals surface area contributed by atoms with Gasteiger partial charge in [-0.3, -0.25) is 4.90 Å². The summed E-state index contributed by atoms with van der Waals surface area (Å²) in [5.41, 5.74) is 0.798. The van der Waals surface area contributed by atoms with Gasteiger partial charge in [-0.1, -0.05) is 31.9 Å². The van der Waals surface area contributed by atoms with Gasteiger partial charge in [0.1, 0.15) is 11.9 Å². The maximum absolute atomic E-state index is 14.0. The first kappa shape index (κ1) is 14.0. The molecule has 1 aliphatic rings. The Balaban J connectivity index is 1.94. The lowest BCUT2D eigenvalue weighted by Gasteiger charge is -2.32. The highest BCUT2D eigenvalue weighted by Crippen LogP contribution is 2.23. The summed E-state index contributed by atoms with van der Waals surface area (Å²) in [7, 11) is 0. The average Bonchev–Trinajstić information content (AvgIpc) is 2.43. The third kappa shape index (κ3) is 3.54. The molecule has 0 aromatic heterocycles. The van der Waals surface area contributed by atoms with E-state index in [9.17, 15) is 4.39 Å². The minimum atomic E-state index is -0.347. The van der Waals surface area contributed by atoms with Crippen LogP contribution in [-0.2, 0) is 6.54 Å². The van der Waals surface area contributed by atoms with Crippen LogP contribution in [0, 0.1) is 23.1 Å². The van der Waals surface area contributed by atoms with Gasteiger partial charge in [-0.2, -0.15) is 5.26 Å². The van der Waals surface area contributed by atoms with E-state index in [0.29, 0.717) is 12.1 Å². The van der Waals surface area contributed by atoms with Gasteiger partial charge in [0.25, 0.3) is 0 Å². The second-order valence-electron chi connectivity index (χ2n) is 5.40. The Hall–Kier alpha value is -1.40. The highest BCUT2D eigenvalue weighted by atomic mass is 19.1. The molecular formula is C16H21FN2. The fourth-order valence-electron chi connectivity index (χ4n) is 2.87. The molecule has 0 atom stereocenters. The van der Waals surface area contributed by atoms with Gasteiger partial charge < -0.3 is 0 Å². The largest absolute Gasteiger partial charge is 0.299 e. The van der Waals surface area contributed by atoms with E-state index in [1.54, 1.807) is 12.1 Å².